The zero-order chi connectivity index (χ0) is 12.1. The minimum absolute atomic E-state index is 0.506. The van der Waals surface area contributed by atoms with E-state index in [-0.39, 0.29) is 0 Å². The summed E-state index contributed by atoms with van der Waals surface area (Å²) in [5, 5.41) is 0. The molecule has 0 heterocycles. The van der Waals surface area contributed by atoms with E-state index in [0.29, 0.717) is 12.1 Å². The van der Waals surface area contributed by atoms with Gasteiger partial charge in [-0.3, -0.25) is 0 Å². The molecular weight excluding hydrogens is 197 g/mol. The number of benzene rings is 1. The minimum atomic E-state index is 0.506. The minimum Gasteiger partial charge on any atom is -0.497 e. The van der Waals surface area contributed by atoms with E-state index in [1.807, 2.05) is 12.1 Å². The highest BCUT2D eigenvalue weighted by Crippen LogP contribution is 2.07. The van der Waals surface area contributed by atoms with E-state index in [1.54, 1.807) is 7.11 Å². The predicted molar refractivity (Wildman–Crippen MR) is 70.5 cm³/mol. The molecule has 0 aromatic heterocycles. The fourth-order valence-corrected chi connectivity index (χ4v) is 1.79. The zero-order valence-corrected chi connectivity index (χ0v) is 10.9. The van der Waals surface area contributed by atoms with Crippen molar-refractivity contribution in [3.8, 4) is 5.75 Å². The molecule has 0 N–H and O–H groups in total. The number of hydrogen-bond acceptors (Lipinski definition) is 2. The first-order valence-corrected chi connectivity index (χ1v) is 5.81. The molecule has 1 radical (unpaired) electrons. The van der Waals surface area contributed by atoms with Crippen LogP contribution in [0.3, 0.4) is 0 Å². The van der Waals surface area contributed by atoms with Gasteiger partial charge in [0.25, 0.3) is 0 Å². The largest absolute Gasteiger partial charge is 0.497 e. The van der Waals surface area contributed by atoms with Gasteiger partial charge in [0, 0.05) is 0 Å². The Morgan fingerprint density at radius 2 is 1.75 bits per heavy atom. The number of rotatable bonds is 5. The zero-order valence-electron chi connectivity index (χ0n) is 10.9. The van der Waals surface area contributed by atoms with E-state index in [0.717, 1.165) is 5.75 Å². The van der Waals surface area contributed by atoms with Crippen LogP contribution in [0.15, 0.2) is 24.3 Å². The van der Waals surface area contributed by atoms with Crippen molar-refractivity contribution in [1.82, 2.24) is 4.81 Å². The fourth-order valence-electron chi connectivity index (χ4n) is 1.79. The monoisotopic (exact) mass is 218 g/mol. The second-order valence-electron chi connectivity index (χ2n) is 4.54. The molecule has 1 aromatic rings. The number of hydrogen-bond donors (Lipinski definition) is 0. The Hall–Kier alpha value is -0.955. The van der Waals surface area contributed by atoms with Crippen molar-refractivity contribution in [2.45, 2.75) is 39.8 Å². The smallest absolute Gasteiger partial charge is 0.248 e. The Labute approximate surface area is 99.9 Å². The summed E-state index contributed by atoms with van der Waals surface area (Å²) >= 11 is 0. The molecule has 0 atom stereocenters. The van der Waals surface area contributed by atoms with Crippen molar-refractivity contribution >= 4 is 12.9 Å². The van der Waals surface area contributed by atoms with Crippen molar-refractivity contribution < 1.29 is 4.74 Å². The van der Waals surface area contributed by atoms with Gasteiger partial charge in [0.15, 0.2) is 0 Å². The van der Waals surface area contributed by atoms with Crippen molar-refractivity contribution in [1.29, 1.82) is 0 Å². The molecule has 2 nitrogen and oxygen atoms in total. The summed E-state index contributed by atoms with van der Waals surface area (Å²) in [7, 11) is 3.89. The molecule has 0 saturated heterocycles. The average molecular weight is 218 g/mol. The second-order valence-corrected chi connectivity index (χ2v) is 4.54. The first-order chi connectivity index (χ1) is 7.54. The van der Waals surface area contributed by atoms with Gasteiger partial charge in [-0.15, -0.1) is 0 Å². The Balaban J connectivity index is 2.77. The third kappa shape index (κ3) is 3.56. The lowest BCUT2D eigenvalue weighted by atomic mass is 9.78. The standard InChI is InChI=1S/C13H21BNO/c1-10(2)15(11(3)4)14-12-7-6-8-13(9-12)16-5/h6-11H,1-5H3. The molecular formula is C13H21BNO. The van der Waals surface area contributed by atoms with Crippen LogP contribution >= 0.6 is 0 Å². The van der Waals surface area contributed by atoms with E-state index in [4.69, 9.17) is 4.74 Å². The van der Waals surface area contributed by atoms with Gasteiger partial charge in [-0.25, -0.2) is 0 Å². The van der Waals surface area contributed by atoms with Gasteiger partial charge < -0.3 is 9.55 Å². The van der Waals surface area contributed by atoms with Crippen LogP contribution < -0.4 is 10.2 Å². The van der Waals surface area contributed by atoms with Crippen molar-refractivity contribution in [3.05, 3.63) is 24.3 Å². The van der Waals surface area contributed by atoms with Crippen molar-refractivity contribution in [2.24, 2.45) is 0 Å². The first kappa shape index (κ1) is 13.1. The van der Waals surface area contributed by atoms with Crippen LogP contribution in [0.2, 0.25) is 0 Å². The van der Waals surface area contributed by atoms with Gasteiger partial charge in [-0.1, -0.05) is 45.3 Å². The summed E-state index contributed by atoms with van der Waals surface area (Å²) in [4.78, 5) is 2.34. The topological polar surface area (TPSA) is 12.5 Å². The molecule has 0 aliphatic heterocycles. The highest BCUT2D eigenvalue weighted by atomic mass is 16.5. The molecule has 3 heteroatoms. The van der Waals surface area contributed by atoms with Crippen LogP contribution in [0.5, 0.6) is 5.75 Å². The third-order valence-corrected chi connectivity index (χ3v) is 2.58. The molecule has 87 valence electrons. The summed E-state index contributed by atoms with van der Waals surface area (Å²) in [5.74, 6) is 0.904. The van der Waals surface area contributed by atoms with Crippen LogP contribution in [-0.4, -0.2) is 31.4 Å². The Morgan fingerprint density at radius 1 is 1.12 bits per heavy atom. The highest BCUT2D eigenvalue weighted by molar-refractivity contribution is 6.50. The van der Waals surface area contributed by atoms with Gasteiger partial charge in [0.1, 0.15) is 5.75 Å². The molecule has 0 bridgehead atoms. The van der Waals surface area contributed by atoms with Crippen molar-refractivity contribution in [2.75, 3.05) is 7.11 Å². The van der Waals surface area contributed by atoms with Crippen molar-refractivity contribution in [3.63, 3.8) is 0 Å². The SMILES string of the molecule is COc1cccc([B]N(C(C)C)C(C)C)c1. The Bertz CT molecular complexity index is 317. The van der Waals surface area contributed by atoms with Gasteiger partial charge >= 0.3 is 0 Å². The quantitative estimate of drug-likeness (QED) is 0.701. The fraction of sp³-hybridized carbons (Fsp3) is 0.538. The first-order valence-electron chi connectivity index (χ1n) is 5.81. The van der Waals surface area contributed by atoms with Crippen LogP contribution in [0, 0.1) is 0 Å². The van der Waals surface area contributed by atoms with Gasteiger partial charge in [-0.2, -0.15) is 0 Å². The molecule has 0 amide bonds. The lowest BCUT2D eigenvalue weighted by molar-refractivity contribution is 0.315. The van der Waals surface area contributed by atoms with Crippen LogP contribution in [-0.2, 0) is 0 Å². The Kier molecular flexibility index (Phi) is 4.87. The van der Waals surface area contributed by atoms with E-state index >= 15 is 0 Å². The van der Waals surface area contributed by atoms with Gasteiger partial charge in [-0.05, 0) is 24.2 Å². The molecule has 0 aliphatic carbocycles. The van der Waals surface area contributed by atoms with E-state index in [9.17, 15) is 0 Å². The summed E-state index contributed by atoms with van der Waals surface area (Å²) < 4.78 is 5.22. The average Bonchev–Trinajstić information content (AvgIpc) is 2.25. The molecule has 1 aromatic carbocycles. The molecule has 1 rings (SSSR count). The molecule has 0 aliphatic rings. The maximum atomic E-state index is 5.22. The predicted octanol–water partition coefficient (Wildman–Crippen LogP) is 2.06. The normalized spacial score (nSPS) is 11.2. The lowest BCUT2D eigenvalue weighted by Gasteiger charge is -2.30. The maximum Gasteiger partial charge on any atom is 0.248 e. The van der Waals surface area contributed by atoms with Crippen LogP contribution in [0.4, 0.5) is 0 Å². The Morgan fingerprint density at radius 3 is 2.25 bits per heavy atom. The number of ether oxygens (including phenoxy) is 1. The third-order valence-electron chi connectivity index (χ3n) is 2.58. The molecule has 0 spiro atoms. The number of methoxy groups -OCH3 is 1. The molecule has 0 saturated carbocycles. The van der Waals surface area contributed by atoms with Gasteiger partial charge in [0.2, 0.25) is 7.41 Å². The summed E-state index contributed by atoms with van der Waals surface area (Å²) in [6.45, 7) is 8.82. The van der Waals surface area contributed by atoms with E-state index in [1.165, 1.54) is 5.46 Å². The van der Waals surface area contributed by atoms with Gasteiger partial charge in [0.05, 0.1) is 7.11 Å². The molecule has 0 unspecified atom stereocenters. The summed E-state index contributed by atoms with van der Waals surface area (Å²) in [6.07, 6.45) is 0. The maximum absolute atomic E-state index is 5.22. The van der Waals surface area contributed by atoms with E-state index < -0.39 is 0 Å². The summed E-state index contributed by atoms with van der Waals surface area (Å²) in [5.41, 5.74) is 1.18. The molecule has 0 fully saturated rings. The van der Waals surface area contributed by atoms with Crippen LogP contribution in [0.1, 0.15) is 27.7 Å². The second kappa shape index (κ2) is 5.95. The number of nitrogens with zero attached hydrogens (tertiary/aromatic N) is 1. The van der Waals surface area contributed by atoms with Crippen LogP contribution in [0.25, 0.3) is 0 Å². The van der Waals surface area contributed by atoms with E-state index in [2.05, 4.69) is 52.1 Å². The highest BCUT2D eigenvalue weighted by Gasteiger charge is 2.15. The summed E-state index contributed by atoms with van der Waals surface area (Å²) in [6, 6.07) is 9.14. The lowest BCUT2D eigenvalue weighted by Crippen LogP contribution is -2.45. The molecule has 16 heavy (non-hydrogen) atoms.